The van der Waals surface area contributed by atoms with Crippen molar-refractivity contribution in [1.82, 2.24) is 28.4 Å². The monoisotopic (exact) mass is 1690 g/mol. The Labute approximate surface area is 702 Å². The number of halogens is 6. The zero-order chi connectivity index (χ0) is 83.4. The third-order valence-electron chi connectivity index (χ3n) is 20.5. The second-order valence-corrected chi connectivity index (χ2v) is 29.9. The van der Waals surface area contributed by atoms with Crippen LogP contribution in [0.5, 0.6) is 5.75 Å². The van der Waals surface area contributed by atoms with Gasteiger partial charge in [0.05, 0.1) is 96.5 Å². The van der Waals surface area contributed by atoms with Crippen molar-refractivity contribution in [2.24, 2.45) is 0 Å². The van der Waals surface area contributed by atoms with Crippen molar-refractivity contribution in [3.05, 3.63) is 313 Å². The summed E-state index contributed by atoms with van der Waals surface area (Å²) in [5.41, 5.74) is 5.24. The van der Waals surface area contributed by atoms with E-state index in [4.69, 9.17) is 81.4 Å². The largest absolute Gasteiger partial charge is 0.497 e. The normalized spacial score (nSPS) is 13.5. The van der Waals surface area contributed by atoms with Gasteiger partial charge in [-0.15, -0.1) is 0 Å². The molecule has 8 aromatic carbocycles. The summed E-state index contributed by atoms with van der Waals surface area (Å²) in [5.74, 6) is -2.03. The fourth-order valence-electron chi connectivity index (χ4n) is 14.8. The maximum absolute atomic E-state index is 14.0. The minimum atomic E-state index is -0.740. The summed E-state index contributed by atoms with van der Waals surface area (Å²) in [6, 6.07) is 55.8. The smallest absolute Gasteiger partial charge is 0.345 e. The topological polar surface area (TPSA) is 238 Å². The quantitative estimate of drug-likeness (QED) is 0.0540. The number of esters is 3. The number of furan rings is 1. The molecule has 23 nitrogen and oxygen atoms in total. The highest BCUT2D eigenvalue weighted by atomic mass is 35.5. The molecule has 608 valence electrons. The lowest BCUT2D eigenvalue weighted by molar-refractivity contribution is 0.0514. The van der Waals surface area contributed by atoms with Crippen LogP contribution in [0.15, 0.2) is 219 Å². The number of nitrogens with zero attached hydrogens (tertiary/aromatic N) is 9. The van der Waals surface area contributed by atoms with Crippen LogP contribution in [0.1, 0.15) is 99.8 Å². The average Bonchev–Trinajstić information content (AvgIpc) is 0.791. The number of fused-ring (bicyclic) bond motifs is 3. The number of piperazine rings is 3. The number of amides is 3. The zero-order valence-corrected chi connectivity index (χ0v) is 68.6. The van der Waals surface area contributed by atoms with Crippen LogP contribution in [0.4, 0.5) is 21.5 Å². The molecule has 3 saturated heterocycles. The molecule has 0 atom stereocenters. The van der Waals surface area contributed by atoms with Crippen LogP contribution in [-0.4, -0.2) is 169 Å². The summed E-state index contributed by atoms with van der Waals surface area (Å²) in [5, 5.41) is 4.03. The molecule has 15 rings (SSSR count). The summed E-state index contributed by atoms with van der Waals surface area (Å²) in [6.45, 7) is 10.8. The molecule has 0 spiro atoms. The van der Waals surface area contributed by atoms with Crippen LogP contribution < -0.4 is 36.1 Å². The number of methoxy groups -OCH3 is 1. The van der Waals surface area contributed by atoms with Crippen molar-refractivity contribution in [3.8, 4) is 5.75 Å². The number of aromatic nitrogens is 3. The van der Waals surface area contributed by atoms with E-state index >= 15 is 0 Å². The number of rotatable bonds is 19. The van der Waals surface area contributed by atoms with Crippen LogP contribution in [0.3, 0.4) is 0 Å². The van der Waals surface area contributed by atoms with Crippen LogP contribution in [0, 0.1) is 5.82 Å². The number of benzene rings is 8. The van der Waals surface area contributed by atoms with Gasteiger partial charge in [-0.3, -0.25) is 28.8 Å². The molecular weight excluding hydrogens is 1620 g/mol. The van der Waals surface area contributed by atoms with E-state index in [1.54, 1.807) is 167 Å². The van der Waals surface area contributed by atoms with Gasteiger partial charge in [0.15, 0.2) is 5.76 Å². The molecule has 0 saturated carbocycles. The fraction of sp³-hybridized carbons (Fsp3) is 0.247. The first-order valence-corrected chi connectivity index (χ1v) is 40.1. The summed E-state index contributed by atoms with van der Waals surface area (Å²) in [6.07, 6.45) is 1.45. The first-order chi connectivity index (χ1) is 57.1. The molecule has 29 heteroatoms. The van der Waals surface area contributed by atoms with E-state index in [1.165, 1.54) is 23.0 Å². The number of hydrogen-bond donors (Lipinski definition) is 0. The SMILES string of the molecule is CCOC(=O)c1c(N2CCN(C(=O)c3ccc(Cl)c(Cl)c3)CC2)c2cc(Cl)ccc2n(Cc2ccccc2)c1=O.CCOC(=O)c1c(N2CCN(C(=O)c3ccc(OC)cc3)CC2)c2cc(Cl)ccc2n(Cc2ccccc2)c1=O.CCOC(=O)c1c(N2CCN(C(=O)c3ccco3)CC2)c2cc(Cl)ccc2n(Cc2ccc(F)cc2)c1=O. The predicted molar refractivity (Wildman–Crippen MR) is 457 cm³/mol. The van der Waals surface area contributed by atoms with E-state index in [0.29, 0.717) is 176 Å². The Bertz CT molecular complexity index is 5930. The van der Waals surface area contributed by atoms with Crippen molar-refractivity contribution in [3.63, 3.8) is 0 Å². The molecule has 118 heavy (non-hydrogen) atoms. The van der Waals surface area contributed by atoms with Gasteiger partial charge in [-0.25, -0.2) is 18.8 Å². The molecular formula is C89H81Cl5FN9O14. The van der Waals surface area contributed by atoms with Crippen LogP contribution in [0.25, 0.3) is 32.7 Å². The van der Waals surface area contributed by atoms with Gasteiger partial charge in [-0.2, -0.15) is 0 Å². The van der Waals surface area contributed by atoms with Gasteiger partial charge in [0.1, 0.15) is 28.3 Å². The van der Waals surface area contributed by atoms with Gasteiger partial charge in [0, 0.05) is 121 Å². The van der Waals surface area contributed by atoms with Gasteiger partial charge < -0.3 is 66.5 Å². The van der Waals surface area contributed by atoms with E-state index in [0.717, 1.165) is 11.1 Å². The molecule has 3 aliphatic heterocycles. The number of pyridine rings is 3. The maximum atomic E-state index is 14.0. The molecule has 0 unspecified atom stereocenters. The van der Waals surface area contributed by atoms with Gasteiger partial charge in [0.2, 0.25) is 0 Å². The lowest BCUT2D eigenvalue weighted by Gasteiger charge is -2.37. The number of carbonyl (C=O) groups is 6. The van der Waals surface area contributed by atoms with Crippen molar-refractivity contribution in [2.75, 3.05) is 120 Å². The van der Waals surface area contributed by atoms with E-state index in [2.05, 4.69) is 0 Å². The highest BCUT2D eigenvalue weighted by molar-refractivity contribution is 6.42. The number of carbonyl (C=O) groups excluding carboxylic acids is 6. The molecule has 3 aliphatic rings. The summed E-state index contributed by atoms with van der Waals surface area (Å²) >= 11 is 31.4. The number of ether oxygens (including phenoxy) is 4. The Hall–Kier alpha value is -11.9. The van der Waals surface area contributed by atoms with Gasteiger partial charge >= 0.3 is 17.9 Å². The van der Waals surface area contributed by atoms with Crippen LogP contribution in [-0.2, 0) is 33.8 Å². The van der Waals surface area contributed by atoms with Gasteiger partial charge in [0.25, 0.3) is 34.4 Å². The third kappa shape index (κ3) is 18.6. The molecule has 12 aromatic rings. The minimum Gasteiger partial charge on any atom is -0.497 e. The predicted octanol–water partition coefficient (Wildman–Crippen LogP) is 15.6. The van der Waals surface area contributed by atoms with Gasteiger partial charge in [-0.1, -0.05) is 131 Å². The first kappa shape index (κ1) is 84.0. The molecule has 0 bridgehead atoms. The summed E-state index contributed by atoms with van der Waals surface area (Å²) < 4.78 is 44.6. The highest BCUT2D eigenvalue weighted by Gasteiger charge is 2.36. The number of hydrogen-bond acceptors (Lipinski definition) is 17. The van der Waals surface area contributed by atoms with Crippen molar-refractivity contribution in [2.45, 2.75) is 40.4 Å². The number of anilines is 3. The summed E-state index contributed by atoms with van der Waals surface area (Å²) in [7, 11) is 1.58. The van der Waals surface area contributed by atoms with E-state index in [1.807, 2.05) is 81.4 Å². The maximum Gasteiger partial charge on any atom is 0.345 e. The molecule has 4 aromatic heterocycles. The Kier molecular flexibility index (Phi) is 27.0. The molecule has 0 aliphatic carbocycles. The van der Waals surface area contributed by atoms with Crippen LogP contribution >= 0.6 is 58.0 Å². The van der Waals surface area contributed by atoms with E-state index in [-0.39, 0.29) is 85.4 Å². The zero-order valence-electron chi connectivity index (χ0n) is 64.8. The molecule has 7 heterocycles. The average molecular weight is 1700 g/mol. The Morgan fingerprint density at radius 2 is 0.737 bits per heavy atom. The second-order valence-electron chi connectivity index (χ2n) is 27.8. The standard InChI is InChI=1S/C31H30ClN3O5.C30H26Cl3N3O4.C28H25ClFN3O5/c1-3-40-31(38)27-28(33-15-17-34(18-16-33)29(36)22-9-12-24(39-2)13-10-22)25-19-23(32)11-14-26(25)35(30(27)37)20-21-7-5-4-6-8-21;1-2-40-30(39)26-27(34-12-14-35(15-13-34)28(37)20-8-10-23(32)24(33)16-20)22-17-21(31)9-11-25(22)36(29(26)38)18-19-6-4-3-5-7-19;1-2-37-28(36)24-25(31-11-13-32(14-12-31)26(34)23-4-3-15-38-23)21-16-19(29)7-10-22(21)33(27(24)35)17-18-5-8-20(30)9-6-18/h4-14,19H,3,15-18,20H2,1-2H3;3-11,16-17H,2,12-15,18H2,1H3;3-10,15-16H,2,11-14,17H2,1H3. The third-order valence-corrected chi connectivity index (χ3v) is 22.0. The summed E-state index contributed by atoms with van der Waals surface area (Å²) in [4.78, 5) is 132. The second kappa shape index (κ2) is 38.0. The van der Waals surface area contributed by atoms with Crippen LogP contribution in [0.2, 0.25) is 25.1 Å². The van der Waals surface area contributed by atoms with E-state index < -0.39 is 34.6 Å². The van der Waals surface area contributed by atoms with Gasteiger partial charge in [-0.05, 0) is 159 Å². The Balaban J connectivity index is 0.000000154. The lowest BCUT2D eigenvalue weighted by Crippen LogP contribution is -2.49. The fourth-order valence-corrected chi connectivity index (χ4v) is 15.7. The van der Waals surface area contributed by atoms with Crippen molar-refractivity contribution < 1.29 is 56.5 Å². The highest BCUT2D eigenvalue weighted by Crippen LogP contribution is 2.38. The van der Waals surface area contributed by atoms with Crippen molar-refractivity contribution in [1.29, 1.82) is 0 Å². The lowest BCUT2D eigenvalue weighted by atomic mass is 10.0. The first-order valence-electron chi connectivity index (χ1n) is 38.2. The molecule has 0 N–H and O–H groups in total. The van der Waals surface area contributed by atoms with Crippen molar-refractivity contribution >= 4 is 143 Å². The molecule has 3 fully saturated rings. The molecule has 3 amide bonds. The minimum absolute atomic E-state index is 0.0255. The Morgan fingerprint density at radius 3 is 1.08 bits per heavy atom. The molecule has 0 radical (unpaired) electrons. The van der Waals surface area contributed by atoms with E-state index in [9.17, 15) is 47.5 Å². The Morgan fingerprint density at radius 1 is 0.381 bits per heavy atom.